The van der Waals surface area contributed by atoms with Gasteiger partial charge in [-0.15, -0.1) is 0 Å². The zero-order chi connectivity index (χ0) is 24.7. The van der Waals surface area contributed by atoms with Gasteiger partial charge in [-0.2, -0.15) is 0 Å². The number of nitrogens with zero attached hydrogens (tertiary/aromatic N) is 4. The minimum absolute atomic E-state index is 0.0621. The molecule has 1 fully saturated rings. The summed E-state index contributed by atoms with van der Waals surface area (Å²) in [6.45, 7) is 1.05. The number of hydrogen-bond acceptors (Lipinski definition) is 4. The Morgan fingerprint density at radius 1 is 0.857 bits per heavy atom. The van der Waals surface area contributed by atoms with E-state index in [2.05, 4.69) is 9.97 Å². The van der Waals surface area contributed by atoms with Gasteiger partial charge in [0.15, 0.2) is 0 Å². The van der Waals surface area contributed by atoms with Crippen molar-refractivity contribution in [1.82, 2.24) is 14.9 Å². The first kappa shape index (κ1) is 22.6. The second kappa shape index (κ2) is 8.86. The maximum atomic E-state index is 14.8. The summed E-state index contributed by atoms with van der Waals surface area (Å²) in [6, 6.07) is 9.77. The molecular formula is C25H18F4N4O2. The number of carboxylic acid groups (broad SMARTS) is 1. The van der Waals surface area contributed by atoms with Crippen molar-refractivity contribution in [3.63, 3.8) is 0 Å². The summed E-state index contributed by atoms with van der Waals surface area (Å²) >= 11 is 0. The molecule has 2 aromatic carbocycles. The van der Waals surface area contributed by atoms with Gasteiger partial charge in [-0.25, -0.2) is 27.3 Å². The van der Waals surface area contributed by atoms with Gasteiger partial charge >= 0.3 is 6.09 Å². The minimum Gasteiger partial charge on any atom is -0.465 e. The predicted octanol–water partition coefficient (Wildman–Crippen LogP) is 5.32. The van der Waals surface area contributed by atoms with Gasteiger partial charge in [0, 0.05) is 49.4 Å². The highest BCUT2D eigenvalue weighted by atomic mass is 19.1. The van der Waals surface area contributed by atoms with Crippen LogP contribution in [-0.4, -0.2) is 52.2 Å². The lowest BCUT2D eigenvalue weighted by molar-refractivity contribution is 0.142. The molecule has 4 aromatic rings. The van der Waals surface area contributed by atoms with E-state index in [1.54, 1.807) is 17.0 Å². The number of piperazine rings is 1. The molecule has 10 heteroatoms. The van der Waals surface area contributed by atoms with Crippen molar-refractivity contribution in [3.05, 3.63) is 78.0 Å². The number of carbonyl (C=O) groups is 1. The van der Waals surface area contributed by atoms with Gasteiger partial charge in [-0.3, -0.25) is 4.98 Å². The van der Waals surface area contributed by atoms with Crippen LogP contribution in [0.1, 0.15) is 0 Å². The number of aromatic nitrogens is 2. The molecule has 0 spiro atoms. The Balaban J connectivity index is 1.75. The summed E-state index contributed by atoms with van der Waals surface area (Å²) in [4.78, 5) is 23.2. The van der Waals surface area contributed by atoms with Crippen LogP contribution in [0.25, 0.3) is 33.3 Å². The van der Waals surface area contributed by atoms with E-state index in [9.17, 15) is 27.5 Å². The van der Waals surface area contributed by atoms with E-state index in [1.807, 2.05) is 0 Å². The standard InChI is InChI=1S/C25H18F4N4O2/c26-14-4-5-15(20(29)12-14)17-13-21(32-8-10-33(11-9-32)25(34)35)31-23-16(17)6-7-30-24(23)22-18(27)2-1-3-19(22)28/h1-7,12-13H,8-11H2,(H,34,35). The number of pyridine rings is 2. The Morgan fingerprint density at radius 2 is 1.57 bits per heavy atom. The largest absolute Gasteiger partial charge is 0.465 e. The van der Waals surface area contributed by atoms with Gasteiger partial charge in [-0.1, -0.05) is 6.07 Å². The van der Waals surface area contributed by atoms with Crippen LogP contribution < -0.4 is 4.90 Å². The zero-order valence-corrected chi connectivity index (χ0v) is 18.2. The maximum absolute atomic E-state index is 14.8. The van der Waals surface area contributed by atoms with E-state index >= 15 is 0 Å². The lowest BCUT2D eigenvalue weighted by atomic mass is 9.98. The average Bonchev–Trinajstić information content (AvgIpc) is 2.84. The summed E-state index contributed by atoms with van der Waals surface area (Å²) in [5.74, 6) is -2.86. The Bertz CT molecular complexity index is 1440. The fourth-order valence-electron chi connectivity index (χ4n) is 4.26. The van der Waals surface area contributed by atoms with Gasteiger partial charge in [0.2, 0.25) is 0 Å². The molecule has 178 valence electrons. The number of anilines is 1. The van der Waals surface area contributed by atoms with E-state index in [-0.39, 0.29) is 35.4 Å². The Morgan fingerprint density at radius 3 is 2.23 bits per heavy atom. The van der Waals surface area contributed by atoms with Crippen LogP contribution in [0.4, 0.5) is 28.2 Å². The van der Waals surface area contributed by atoms with Crippen LogP contribution in [0.3, 0.4) is 0 Å². The van der Waals surface area contributed by atoms with Crippen LogP contribution in [-0.2, 0) is 0 Å². The normalized spacial score (nSPS) is 13.9. The highest BCUT2D eigenvalue weighted by Crippen LogP contribution is 2.37. The third kappa shape index (κ3) is 4.11. The molecule has 0 atom stereocenters. The highest BCUT2D eigenvalue weighted by molar-refractivity contribution is 6.02. The number of amides is 1. The van der Waals surface area contributed by atoms with Crippen molar-refractivity contribution >= 4 is 22.8 Å². The third-order valence-electron chi connectivity index (χ3n) is 6.01. The highest BCUT2D eigenvalue weighted by Gasteiger charge is 2.25. The fourth-order valence-corrected chi connectivity index (χ4v) is 4.26. The first-order valence-corrected chi connectivity index (χ1v) is 10.8. The monoisotopic (exact) mass is 482 g/mol. The lowest BCUT2D eigenvalue weighted by Gasteiger charge is -2.34. The number of halogens is 4. The summed E-state index contributed by atoms with van der Waals surface area (Å²) in [5.41, 5.74) is 0.115. The molecule has 0 radical (unpaired) electrons. The average molecular weight is 482 g/mol. The molecule has 1 aliphatic rings. The first-order valence-electron chi connectivity index (χ1n) is 10.8. The van der Waals surface area contributed by atoms with Crippen molar-refractivity contribution in [2.45, 2.75) is 0 Å². The molecule has 0 bridgehead atoms. The molecule has 0 saturated carbocycles. The Kier molecular flexibility index (Phi) is 5.72. The zero-order valence-electron chi connectivity index (χ0n) is 18.2. The van der Waals surface area contributed by atoms with Gasteiger partial charge in [0.05, 0.1) is 11.1 Å². The van der Waals surface area contributed by atoms with Gasteiger partial charge in [0.25, 0.3) is 0 Å². The summed E-state index contributed by atoms with van der Waals surface area (Å²) in [5, 5.41) is 9.61. The molecule has 0 aliphatic carbocycles. The number of fused-ring (bicyclic) bond motifs is 1. The molecule has 1 N–H and O–H groups in total. The van der Waals surface area contributed by atoms with Gasteiger partial charge in [0.1, 0.15) is 34.8 Å². The minimum atomic E-state index is -1.04. The molecule has 5 rings (SSSR count). The van der Waals surface area contributed by atoms with Gasteiger partial charge < -0.3 is 14.9 Å². The molecule has 2 aromatic heterocycles. The summed E-state index contributed by atoms with van der Waals surface area (Å²) in [6.07, 6.45) is 0.313. The second-order valence-electron chi connectivity index (χ2n) is 8.06. The second-order valence-corrected chi connectivity index (χ2v) is 8.06. The van der Waals surface area contributed by atoms with Crippen molar-refractivity contribution in [3.8, 4) is 22.4 Å². The molecule has 35 heavy (non-hydrogen) atoms. The fraction of sp³-hybridized carbons (Fsp3) is 0.160. The Hall–Kier alpha value is -4.21. The van der Waals surface area contributed by atoms with E-state index < -0.39 is 29.4 Å². The van der Waals surface area contributed by atoms with Crippen LogP contribution >= 0.6 is 0 Å². The SMILES string of the molecule is O=C(O)N1CCN(c2cc(-c3ccc(F)cc3F)c3ccnc(-c4c(F)cccc4F)c3n2)CC1. The van der Waals surface area contributed by atoms with Crippen LogP contribution in [0.15, 0.2) is 54.7 Å². The summed E-state index contributed by atoms with van der Waals surface area (Å²) in [7, 11) is 0. The predicted molar refractivity (Wildman–Crippen MR) is 122 cm³/mol. The maximum Gasteiger partial charge on any atom is 0.407 e. The molecule has 0 unspecified atom stereocenters. The van der Waals surface area contributed by atoms with Crippen molar-refractivity contribution < 1.29 is 27.5 Å². The third-order valence-corrected chi connectivity index (χ3v) is 6.01. The number of benzene rings is 2. The van der Waals surface area contributed by atoms with E-state index in [0.29, 0.717) is 29.9 Å². The quantitative estimate of drug-likeness (QED) is 0.401. The molecule has 3 heterocycles. The van der Waals surface area contributed by atoms with Crippen molar-refractivity contribution in [1.29, 1.82) is 0 Å². The molecule has 1 saturated heterocycles. The molecule has 1 aliphatic heterocycles. The summed E-state index contributed by atoms with van der Waals surface area (Å²) < 4.78 is 57.8. The number of rotatable bonds is 3. The van der Waals surface area contributed by atoms with Gasteiger partial charge in [-0.05, 0) is 42.0 Å². The smallest absolute Gasteiger partial charge is 0.407 e. The molecule has 1 amide bonds. The number of hydrogen-bond donors (Lipinski definition) is 1. The lowest BCUT2D eigenvalue weighted by Crippen LogP contribution is -2.48. The van der Waals surface area contributed by atoms with E-state index in [1.165, 1.54) is 23.2 Å². The van der Waals surface area contributed by atoms with Crippen LogP contribution in [0.2, 0.25) is 0 Å². The molecule has 6 nitrogen and oxygen atoms in total. The van der Waals surface area contributed by atoms with Crippen molar-refractivity contribution in [2.24, 2.45) is 0 Å². The first-order chi connectivity index (χ1) is 16.8. The van der Waals surface area contributed by atoms with E-state index in [4.69, 9.17) is 0 Å². The Labute approximate surface area is 197 Å². The van der Waals surface area contributed by atoms with E-state index in [0.717, 1.165) is 24.3 Å². The van der Waals surface area contributed by atoms with Crippen LogP contribution in [0.5, 0.6) is 0 Å². The topological polar surface area (TPSA) is 69.6 Å². The van der Waals surface area contributed by atoms with Crippen molar-refractivity contribution in [2.75, 3.05) is 31.1 Å². The van der Waals surface area contributed by atoms with Crippen LogP contribution in [0, 0.1) is 23.3 Å². The molecular weight excluding hydrogens is 464 g/mol.